The molecule has 0 fully saturated rings. The molecule has 0 aliphatic carbocycles. The van der Waals surface area contributed by atoms with Crippen LogP contribution in [0.3, 0.4) is 0 Å². The molecule has 0 saturated heterocycles. The maximum atomic E-state index is 4.87. The van der Waals surface area contributed by atoms with E-state index in [-0.39, 0.29) is 61.2 Å². The zero-order chi connectivity index (χ0) is 29.6. The number of imidazole rings is 1. The first-order valence-electron chi connectivity index (χ1n) is 14.1. The second-order valence-corrected chi connectivity index (χ2v) is 16.0. The van der Waals surface area contributed by atoms with Gasteiger partial charge in [-0.05, 0) is 41.5 Å². The first-order valence-corrected chi connectivity index (χ1v) is 17.6. The van der Waals surface area contributed by atoms with Crippen molar-refractivity contribution in [2.24, 2.45) is 0 Å². The molecule has 0 saturated carbocycles. The SMILES string of the molecule is C[Si](C)(C)c1cnc(-c2[c-]cccc2)nc1.[B].[Ir].[Y].[c-]1ccc(-c2[c-]nccc2)[c-]c1-c1nc2ccccc2n1-c1ccccc1. The summed E-state index contributed by atoms with van der Waals surface area (Å²) in [6.07, 6.45) is 8.64. The molecule has 0 bridgehead atoms. The first-order chi connectivity index (χ1) is 21.0. The van der Waals surface area contributed by atoms with Crippen LogP contribution in [0.5, 0.6) is 0 Å². The minimum Gasteiger partial charge on any atom is -0.374 e. The van der Waals surface area contributed by atoms with E-state index in [2.05, 4.69) is 81.8 Å². The van der Waals surface area contributed by atoms with Gasteiger partial charge >= 0.3 is 0 Å². The molecule has 225 valence electrons. The summed E-state index contributed by atoms with van der Waals surface area (Å²) in [7, 11) is -1.29. The number of hydrogen-bond donors (Lipinski definition) is 0. The van der Waals surface area contributed by atoms with Gasteiger partial charge in [0, 0.05) is 79.3 Å². The van der Waals surface area contributed by atoms with Crippen molar-refractivity contribution in [1.82, 2.24) is 24.5 Å². The second-order valence-electron chi connectivity index (χ2n) is 11.0. The van der Waals surface area contributed by atoms with Crippen LogP contribution in [0.4, 0.5) is 0 Å². The van der Waals surface area contributed by atoms with Crippen molar-refractivity contribution in [2.75, 3.05) is 0 Å². The molecule has 5 radical (unpaired) electrons. The third kappa shape index (κ3) is 8.70. The second kappa shape index (κ2) is 17.0. The summed E-state index contributed by atoms with van der Waals surface area (Å²) in [5.41, 5.74) is 6.63. The molecule has 0 unspecified atom stereocenters. The molecular formula is C37H29BIrN5SiY-4. The molecule has 3 heterocycles. The van der Waals surface area contributed by atoms with Gasteiger partial charge in [-0.2, -0.15) is 5.56 Å². The Balaban J connectivity index is 0.000000264. The average molecular weight is 864 g/mol. The average Bonchev–Trinajstić information content (AvgIpc) is 3.46. The molecular weight excluding hydrogens is 834 g/mol. The number of para-hydroxylation sites is 3. The van der Waals surface area contributed by atoms with Gasteiger partial charge in [-0.3, -0.25) is 33.2 Å². The number of nitrogens with zero attached hydrogens (tertiary/aromatic N) is 5. The summed E-state index contributed by atoms with van der Waals surface area (Å²) in [6.45, 7) is 6.88. The molecule has 0 aliphatic rings. The maximum absolute atomic E-state index is 4.87. The molecule has 5 nitrogen and oxygen atoms in total. The minimum atomic E-state index is -1.29. The zero-order valence-electron chi connectivity index (χ0n) is 25.8. The molecule has 7 rings (SSSR count). The van der Waals surface area contributed by atoms with Crippen LogP contribution in [-0.4, -0.2) is 41.0 Å². The van der Waals surface area contributed by atoms with Gasteiger partial charge in [0.25, 0.3) is 0 Å². The topological polar surface area (TPSA) is 56.5 Å². The largest absolute Gasteiger partial charge is 0.374 e. The molecule has 3 aromatic heterocycles. The van der Waals surface area contributed by atoms with E-state index in [0.717, 1.165) is 50.6 Å². The van der Waals surface area contributed by atoms with E-state index >= 15 is 0 Å². The van der Waals surface area contributed by atoms with Crippen LogP contribution in [0.15, 0.2) is 122 Å². The van der Waals surface area contributed by atoms with Crippen molar-refractivity contribution in [1.29, 1.82) is 0 Å². The third-order valence-corrected chi connectivity index (χ3v) is 8.89. The molecule has 0 atom stereocenters. The van der Waals surface area contributed by atoms with Crippen LogP contribution in [0.25, 0.3) is 50.6 Å². The van der Waals surface area contributed by atoms with Crippen molar-refractivity contribution < 1.29 is 52.8 Å². The number of aromatic nitrogens is 5. The fourth-order valence-corrected chi connectivity index (χ4v) is 5.50. The Kier molecular flexibility index (Phi) is 13.7. The van der Waals surface area contributed by atoms with Crippen molar-refractivity contribution in [2.45, 2.75) is 19.6 Å². The molecule has 46 heavy (non-hydrogen) atoms. The van der Waals surface area contributed by atoms with Crippen LogP contribution in [0.2, 0.25) is 19.6 Å². The smallest absolute Gasteiger partial charge is 0.0815 e. The van der Waals surface area contributed by atoms with E-state index in [1.807, 2.05) is 97.3 Å². The van der Waals surface area contributed by atoms with Gasteiger partial charge < -0.3 is 20.6 Å². The third-order valence-electron chi connectivity index (χ3n) is 6.90. The van der Waals surface area contributed by atoms with Crippen LogP contribution < -0.4 is 5.19 Å². The molecule has 0 amide bonds. The van der Waals surface area contributed by atoms with E-state index in [0.29, 0.717) is 0 Å². The van der Waals surface area contributed by atoms with Crippen molar-refractivity contribution >= 4 is 32.7 Å². The number of fused-ring (bicyclic) bond motifs is 1. The van der Waals surface area contributed by atoms with Gasteiger partial charge in [0.05, 0.1) is 24.9 Å². The van der Waals surface area contributed by atoms with E-state index in [1.165, 1.54) is 5.19 Å². The summed E-state index contributed by atoms with van der Waals surface area (Å²) < 4.78 is 2.15. The molecule has 0 aliphatic heterocycles. The van der Waals surface area contributed by atoms with Crippen molar-refractivity contribution in [3.8, 4) is 39.6 Å². The zero-order valence-corrected chi connectivity index (χ0v) is 32.0. The minimum absolute atomic E-state index is 0. The van der Waals surface area contributed by atoms with Gasteiger partial charge in [-0.1, -0.05) is 56.2 Å². The predicted molar refractivity (Wildman–Crippen MR) is 181 cm³/mol. The first kappa shape index (κ1) is 37.1. The van der Waals surface area contributed by atoms with Crippen LogP contribution in [0.1, 0.15) is 0 Å². The number of benzene rings is 4. The predicted octanol–water partition coefficient (Wildman–Crippen LogP) is 7.26. The molecule has 0 spiro atoms. The molecule has 0 N–H and O–H groups in total. The number of rotatable bonds is 5. The Bertz CT molecular complexity index is 1950. The maximum Gasteiger partial charge on any atom is 0.0815 e. The van der Waals surface area contributed by atoms with E-state index < -0.39 is 8.07 Å². The summed E-state index contributed by atoms with van der Waals surface area (Å²) in [5, 5.41) is 1.28. The Morgan fingerprint density at radius 3 is 2.07 bits per heavy atom. The molecule has 4 aromatic carbocycles. The van der Waals surface area contributed by atoms with Gasteiger partial charge in [0.1, 0.15) is 0 Å². The van der Waals surface area contributed by atoms with Crippen molar-refractivity contribution in [3.63, 3.8) is 0 Å². The van der Waals surface area contributed by atoms with E-state index in [1.54, 1.807) is 6.20 Å². The van der Waals surface area contributed by atoms with Crippen molar-refractivity contribution in [3.05, 3.63) is 146 Å². The standard InChI is InChI=1S/C24H14N3.C13H15N2Si.B.Ir.Y/c1-2-11-21(12-3-1)27-23-14-5-4-13-22(23)26-24(27)19-9-6-8-18(16-19)20-10-7-15-25-17-20;1-16(2,3)12-9-14-13(15-10-12)11-7-5-4-6-8-11;;;/h1-8,10-15H;4-7,9-10H,1-3H3;;;/q-3;-1;;;. The summed E-state index contributed by atoms with van der Waals surface area (Å²) in [5.74, 6) is 1.57. The summed E-state index contributed by atoms with van der Waals surface area (Å²) >= 11 is 0. The molecule has 9 heteroatoms. The quantitative estimate of drug-likeness (QED) is 0.135. The normalized spacial score (nSPS) is 10.4. The molecule has 7 aromatic rings. The van der Waals surface area contributed by atoms with Crippen LogP contribution in [0, 0.1) is 24.4 Å². The summed E-state index contributed by atoms with van der Waals surface area (Å²) in [4.78, 5) is 17.8. The van der Waals surface area contributed by atoms with Gasteiger partial charge in [-0.15, -0.1) is 48.0 Å². The van der Waals surface area contributed by atoms with Gasteiger partial charge in [0.2, 0.25) is 0 Å². The Morgan fingerprint density at radius 2 is 1.39 bits per heavy atom. The van der Waals surface area contributed by atoms with Gasteiger partial charge in [0.15, 0.2) is 0 Å². The Labute approximate surface area is 312 Å². The fourth-order valence-electron chi connectivity index (χ4n) is 4.59. The summed E-state index contributed by atoms with van der Waals surface area (Å²) in [6, 6.07) is 43.7. The van der Waals surface area contributed by atoms with E-state index in [4.69, 9.17) is 4.98 Å². The fraction of sp³-hybridized carbons (Fsp3) is 0.0811. The number of hydrogen-bond acceptors (Lipinski definition) is 4. The monoisotopic (exact) mass is 864 g/mol. The number of pyridine rings is 1. The van der Waals surface area contributed by atoms with Gasteiger partial charge in [-0.25, -0.2) is 6.07 Å². The van der Waals surface area contributed by atoms with E-state index in [9.17, 15) is 0 Å². The van der Waals surface area contributed by atoms with Crippen LogP contribution in [-0.2, 0) is 52.8 Å². The Hall–Kier alpha value is -3.38. The van der Waals surface area contributed by atoms with Crippen LogP contribution >= 0.6 is 0 Å². The Morgan fingerprint density at radius 1 is 0.696 bits per heavy atom.